The Balaban J connectivity index is 0.000000220. The number of benzene rings is 3. The van der Waals surface area contributed by atoms with E-state index < -0.39 is 23.8 Å². The van der Waals surface area contributed by atoms with E-state index in [-0.39, 0.29) is 53.7 Å². The molecule has 3 aromatic carbocycles. The van der Waals surface area contributed by atoms with E-state index in [1.165, 1.54) is 19.2 Å². The normalized spacial score (nSPS) is 19.3. The largest absolute Gasteiger partial charge is 0.508 e. The molecule has 3 atom stereocenters. The number of hydrogen-bond acceptors (Lipinski definition) is 15. The number of anilines is 1. The number of rotatable bonds is 12. The Hall–Kier alpha value is -7.80. The van der Waals surface area contributed by atoms with Gasteiger partial charge in [0, 0.05) is 99.6 Å². The average Bonchev–Trinajstić information content (AvgIpc) is 3.70. The van der Waals surface area contributed by atoms with Crippen molar-refractivity contribution in [3.8, 4) is 23.0 Å². The highest BCUT2D eigenvalue weighted by Crippen LogP contribution is 2.40. The number of piperidine rings is 2. The van der Waals surface area contributed by atoms with Gasteiger partial charge in [0.25, 0.3) is 5.91 Å². The lowest BCUT2D eigenvalue weighted by Gasteiger charge is -2.35. The molecule has 4 aliphatic rings. The van der Waals surface area contributed by atoms with Crippen LogP contribution < -0.4 is 19.7 Å². The van der Waals surface area contributed by atoms with E-state index in [1.54, 1.807) is 42.2 Å². The molecule has 75 heavy (non-hydrogen) atoms. The van der Waals surface area contributed by atoms with Gasteiger partial charge in [0.2, 0.25) is 6.41 Å². The highest BCUT2D eigenvalue weighted by molar-refractivity contribution is 6.48. The molecule has 5 N–H and O–H groups in total. The molecule has 19 heteroatoms. The van der Waals surface area contributed by atoms with E-state index in [2.05, 4.69) is 31.0 Å². The molecule has 2 saturated heterocycles. The molecule has 5 heterocycles. The number of phenolic OH excluding ortho intramolecular Hbond substituents is 2. The summed E-state index contributed by atoms with van der Waals surface area (Å²) in [6.07, 6.45) is 6.21. The van der Waals surface area contributed by atoms with Gasteiger partial charge in [-0.25, -0.2) is 14.6 Å². The van der Waals surface area contributed by atoms with Crippen LogP contribution in [0.5, 0.6) is 23.0 Å². The second-order valence-electron chi connectivity index (χ2n) is 19.6. The Labute approximate surface area is 437 Å². The number of aromatic nitrogens is 1. The maximum Gasteiger partial charge on any atom is 0.415 e. The molecular weight excluding hydrogens is 961 g/mol. The quantitative estimate of drug-likeness (QED) is 0.0401. The number of nitrogens with one attached hydrogen (secondary N) is 3. The van der Waals surface area contributed by atoms with E-state index >= 15 is 0 Å². The summed E-state index contributed by atoms with van der Waals surface area (Å²) in [5.41, 5.74) is 6.40. The zero-order valence-corrected chi connectivity index (χ0v) is 43.9. The number of amidine groups is 2. The fourth-order valence-corrected chi connectivity index (χ4v) is 10.0. The van der Waals surface area contributed by atoms with E-state index in [1.807, 2.05) is 44.0 Å². The lowest BCUT2D eigenvalue weighted by molar-refractivity contribution is -0.153. The number of pyridine rings is 1. The van der Waals surface area contributed by atoms with Crippen molar-refractivity contribution in [1.82, 2.24) is 25.0 Å². The van der Waals surface area contributed by atoms with Crippen molar-refractivity contribution in [3.05, 3.63) is 99.8 Å². The van der Waals surface area contributed by atoms with Gasteiger partial charge in [0.05, 0.1) is 22.5 Å². The smallest absolute Gasteiger partial charge is 0.415 e. The summed E-state index contributed by atoms with van der Waals surface area (Å²) in [6.45, 7) is 14.7. The number of aryl methyl sites for hydroxylation is 1. The van der Waals surface area contributed by atoms with Crippen molar-refractivity contribution in [2.24, 2.45) is 5.92 Å². The van der Waals surface area contributed by atoms with E-state index in [4.69, 9.17) is 34.7 Å². The lowest BCUT2D eigenvalue weighted by Crippen LogP contribution is -2.46. The number of phenols is 2. The number of nitrogens with zero attached hydrogens (tertiary/aromatic N) is 5. The minimum absolute atomic E-state index is 0.0292. The number of fused-ring (bicyclic) bond motifs is 2. The van der Waals surface area contributed by atoms with Crippen molar-refractivity contribution in [2.75, 3.05) is 51.8 Å². The SMILES string of the molecule is CCNC(=O)C(=N)N(C(=N)c1cc(C(C)C)c(O)cc1O)c1ccc(OC2CCN(C=O)CC2)cc1.CCc1c2c(nc3ccc(OC(=O)N4CCC(C)CC4C)cc13)/C(=C/C1=C(C=O)COC(=O)C1OC)N(C)C2. The molecule has 8 rings (SSSR count). The standard InChI is InChI=1S/C30H35N3O6.C26H33N5O5/c1-6-21-23-12-20(39-30(36)33-10-9-17(2)11-18(33)3)7-8-25(23)31-27-24(21)14-32(4)26(27)13-22-19(15-34)16-38-29(35)28(22)37-5;1-4-29-26(35)25(28)31(24(27)21-13-20(16(2)3)22(33)14-23(21)34)17-5-7-18(8-6-17)36-19-9-11-30(15-32)12-10-19/h7-8,12-13,15,17-18,28H,6,9-11,14,16H2,1-5H3;5-8,13-16,19,27-28,33-34H,4,9-12H2,1-3H3,(H,29,35)/b26-13-;. The first-order valence-corrected chi connectivity index (χ1v) is 25.4. The molecule has 2 fully saturated rings. The summed E-state index contributed by atoms with van der Waals surface area (Å²) in [5, 5.41) is 41.5. The third-order valence-corrected chi connectivity index (χ3v) is 14.1. The van der Waals surface area contributed by atoms with Gasteiger partial charge in [-0.1, -0.05) is 27.7 Å². The van der Waals surface area contributed by atoms with Gasteiger partial charge < -0.3 is 49.2 Å². The Morgan fingerprint density at radius 2 is 1.68 bits per heavy atom. The number of cyclic esters (lactones) is 1. The van der Waals surface area contributed by atoms with Crippen molar-refractivity contribution in [2.45, 2.75) is 104 Å². The number of carbonyl (C=O) groups excluding carboxylic acids is 5. The van der Waals surface area contributed by atoms with E-state index in [9.17, 15) is 34.2 Å². The monoisotopic (exact) mass is 1030 g/mol. The fourth-order valence-electron chi connectivity index (χ4n) is 10.0. The van der Waals surface area contributed by atoms with Crippen LogP contribution in [0, 0.1) is 16.7 Å². The Kier molecular flexibility index (Phi) is 17.6. The topological polar surface area (TPSA) is 248 Å². The van der Waals surface area contributed by atoms with Crippen LogP contribution in [0.1, 0.15) is 101 Å². The van der Waals surface area contributed by atoms with Gasteiger partial charge in [0.1, 0.15) is 47.8 Å². The predicted octanol–water partition coefficient (Wildman–Crippen LogP) is 7.44. The van der Waals surface area contributed by atoms with Crippen LogP contribution in [0.2, 0.25) is 0 Å². The minimum Gasteiger partial charge on any atom is -0.508 e. The van der Waals surface area contributed by atoms with E-state index in [0.717, 1.165) is 76.8 Å². The molecule has 1 aromatic heterocycles. The number of likely N-dealkylation sites (tertiary alicyclic amines) is 2. The van der Waals surface area contributed by atoms with Crippen LogP contribution in [0.4, 0.5) is 10.5 Å². The van der Waals surface area contributed by atoms with E-state index in [0.29, 0.717) is 78.8 Å². The number of aldehydes is 1. The highest BCUT2D eigenvalue weighted by atomic mass is 16.6. The van der Waals surface area contributed by atoms with Gasteiger partial charge in [-0.05, 0) is 111 Å². The summed E-state index contributed by atoms with van der Waals surface area (Å²) in [6, 6.07) is 15.0. The number of amides is 3. The van der Waals surface area contributed by atoms with Gasteiger partial charge in [-0.2, -0.15) is 0 Å². The van der Waals surface area contributed by atoms with Crippen LogP contribution in [0.3, 0.4) is 0 Å². The summed E-state index contributed by atoms with van der Waals surface area (Å²) in [5.74, 6) is -0.786. The number of esters is 1. The van der Waals surface area contributed by atoms with Crippen LogP contribution in [0.25, 0.3) is 16.6 Å². The van der Waals surface area contributed by atoms with Crippen LogP contribution in [-0.4, -0.2) is 137 Å². The maximum absolute atomic E-state index is 13.0. The second kappa shape index (κ2) is 24.0. The number of hydrogen-bond donors (Lipinski definition) is 5. The van der Waals surface area contributed by atoms with Gasteiger partial charge in [-0.3, -0.25) is 30.1 Å². The number of aromatic hydroxyl groups is 2. The fraction of sp³-hybridized carbons (Fsp3) is 0.429. The van der Waals surface area contributed by atoms with Crippen molar-refractivity contribution in [3.63, 3.8) is 0 Å². The molecule has 0 bridgehead atoms. The zero-order valence-electron chi connectivity index (χ0n) is 43.9. The van der Waals surface area contributed by atoms with Crippen LogP contribution in [-0.2, 0) is 41.6 Å². The molecule has 19 nitrogen and oxygen atoms in total. The summed E-state index contributed by atoms with van der Waals surface area (Å²) in [4.78, 5) is 72.2. The van der Waals surface area contributed by atoms with Crippen LogP contribution >= 0.6 is 0 Å². The molecule has 4 aliphatic heterocycles. The number of methoxy groups -OCH3 is 1. The first-order chi connectivity index (χ1) is 35.9. The molecule has 3 amide bonds. The molecule has 4 aromatic rings. The number of ether oxygens (including phenoxy) is 4. The zero-order chi connectivity index (χ0) is 54.2. The second-order valence-corrected chi connectivity index (χ2v) is 19.6. The molecule has 0 saturated carbocycles. The molecule has 3 unspecified atom stereocenters. The summed E-state index contributed by atoms with van der Waals surface area (Å²) >= 11 is 0. The van der Waals surface area contributed by atoms with Crippen LogP contribution in [0.15, 0.2) is 71.8 Å². The molecule has 398 valence electrons. The average molecular weight is 1030 g/mol. The third-order valence-electron chi connectivity index (χ3n) is 14.1. The Morgan fingerprint density at radius 3 is 2.31 bits per heavy atom. The lowest BCUT2D eigenvalue weighted by atomic mass is 9.94. The van der Waals surface area contributed by atoms with Gasteiger partial charge in [0.15, 0.2) is 11.9 Å². The predicted molar refractivity (Wildman–Crippen MR) is 283 cm³/mol. The van der Waals surface area contributed by atoms with Gasteiger partial charge in [-0.15, -0.1) is 0 Å². The van der Waals surface area contributed by atoms with Gasteiger partial charge >= 0.3 is 12.1 Å². The first-order valence-electron chi connectivity index (χ1n) is 25.4. The molecular formula is C56H68N8O11. The van der Waals surface area contributed by atoms with Crippen molar-refractivity contribution < 1.29 is 53.1 Å². The summed E-state index contributed by atoms with van der Waals surface area (Å²) < 4.78 is 22.3. The maximum atomic E-state index is 13.0. The summed E-state index contributed by atoms with van der Waals surface area (Å²) in [7, 11) is 3.37. The minimum atomic E-state index is -0.974. The third kappa shape index (κ3) is 12.1. The molecule has 0 spiro atoms. The number of carbonyl (C=O) groups is 5. The number of likely N-dealkylation sites (N-methyl/N-ethyl adjacent to an activating group) is 1. The Bertz CT molecular complexity index is 2910. The first kappa shape index (κ1) is 55.0. The molecule has 0 aliphatic carbocycles. The highest BCUT2D eigenvalue weighted by Gasteiger charge is 2.35. The molecule has 0 radical (unpaired) electrons. The Morgan fingerprint density at radius 1 is 0.973 bits per heavy atom. The van der Waals surface area contributed by atoms with Crippen molar-refractivity contribution >= 4 is 64.6 Å². The van der Waals surface area contributed by atoms with Crippen molar-refractivity contribution in [1.29, 1.82) is 10.8 Å².